The molecular weight excluding hydrogens is 328 g/mol. The van der Waals surface area contributed by atoms with E-state index in [2.05, 4.69) is 0 Å². The molecule has 0 unspecified atom stereocenters. The Morgan fingerprint density at radius 1 is 1.15 bits per heavy atom. The van der Waals surface area contributed by atoms with Gasteiger partial charge in [-0.25, -0.2) is 0 Å². The van der Waals surface area contributed by atoms with Crippen LogP contribution in [0.4, 0.5) is 0 Å². The third-order valence-corrected chi connectivity index (χ3v) is 5.49. The Morgan fingerprint density at radius 2 is 1.96 bits per heavy atom. The lowest BCUT2D eigenvalue weighted by Gasteiger charge is -2.35. The van der Waals surface area contributed by atoms with Gasteiger partial charge in [-0.05, 0) is 30.5 Å². The van der Waals surface area contributed by atoms with Crippen LogP contribution >= 0.6 is 0 Å². The molecule has 1 fully saturated rings. The van der Waals surface area contributed by atoms with Crippen LogP contribution in [0.25, 0.3) is 0 Å². The van der Waals surface area contributed by atoms with Crippen LogP contribution in [0.1, 0.15) is 53.6 Å². The minimum absolute atomic E-state index is 0.0271. The Morgan fingerprint density at radius 3 is 2.69 bits per heavy atom. The van der Waals surface area contributed by atoms with Gasteiger partial charge in [0.05, 0.1) is 12.5 Å². The van der Waals surface area contributed by atoms with E-state index in [1.54, 1.807) is 17.4 Å². The quantitative estimate of drug-likeness (QED) is 0.826. The predicted molar refractivity (Wildman–Crippen MR) is 97.3 cm³/mol. The minimum atomic E-state index is -0.0409. The average Bonchev–Trinajstić information content (AvgIpc) is 3.29. The molecule has 1 aliphatic heterocycles. The maximum atomic E-state index is 13.1. The lowest BCUT2D eigenvalue weighted by molar-refractivity contribution is -0.135. The molecule has 2 heterocycles. The summed E-state index contributed by atoms with van der Waals surface area (Å²) in [7, 11) is 0. The second-order valence-electron chi connectivity index (χ2n) is 7.26. The van der Waals surface area contributed by atoms with E-state index in [1.165, 1.54) is 6.42 Å². The molecule has 5 nitrogen and oxygen atoms in total. The van der Waals surface area contributed by atoms with Gasteiger partial charge in [-0.3, -0.25) is 9.59 Å². The maximum absolute atomic E-state index is 13.1. The van der Waals surface area contributed by atoms with Gasteiger partial charge >= 0.3 is 0 Å². The van der Waals surface area contributed by atoms with Crippen molar-refractivity contribution in [3.63, 3.8) is 0 Å². The summed E-state index contributed by atoms with van der Waals surface area (Å²) in [6.45, 7) is 1.21. The fourth-order valence-electron chi connectivity index (χ4n) is 4.09. The molecule has 0 radical (unpaired) electrons. The number of nitrogens with zero attached hydrogens (tertiary/aromatic N) is 2. The first-order valence-corrected chi connectivity index (χ1v) is 9.40. The summed E-state index contributed by atoms with van der Waals surface area (Å²) in [5.41, 5.74) is 2.73. The van der Waals surface area contributed by atoms with E-state index >= 15 is 0 Å². The van der Waals surface area contributed by atoms with E-state index in [1.807, 2.05) is 35.2 Å². The fraction of sp³-hybridized carbons (Fsp3) is 0.429. The molecule has 1 aromatic heterocycles. The van der Waals surface area contributed by atoms with Crippen molar-refractivity contribution in [3.05, 3.63) is 59.5 Å². The molecule has 0 bridgehead atoms. The highest BCUT2D eigenvalue weighted by molar-refractivity contribution is 6.00. The Balaban J connectivity index is 1.48. The maximum Gasteiger partial charge on any atom is 0.254 e. The topological polar surface area (TPSA) is 53.8 Å². The van der Waals surface area contributed by atoms with Gasteiger partial charge in [0.25, 0.3) is 5.91 Å². The number of fused-ring (bicyclic) bond motifs is 1. The fourth-order valence-corrected chi connectivity index (χ4v) is 4.09. The lowest BCUT2D eigenvalue weighted by Crippen LogP contribution is -2.46. The van der Waals surface area contributed by atoms with Crippen LogP contribution in [0.5, 0.6) is 0 Å². The zero-order valence-corrected chi connectivity index (χ0v) is 14.9. The van der Waals surface area contributed by atoms with E-state index in [0.717, 1.165) is 42.4 Å². The summed E-state index contributed by atoms with van der Waals surface area (Å²) in [5.74, 6) is -0.0138. The van der Waals surface area contributed by atoms with Crippen molar-refractivity contribution < 1.29 is 14.0 Å². The van der Waals surface area contributed by atoms with Gasteiger partial charge in [-0.15, -0.1) is 0 Å². The van der Waals surface area contributed by atoms with Crippen molar-refractivity contribution in [3.8, 4) is 0 Å². The van der Waals surface area contributed by atoms with E-state index < -0.39 is 0 Å². The van der Waals surface area contributed by atoms with Crippen molar-refractivity contribution in [1.82, 2.24) is 9.80 Å². The van der Waals surface area contributed by atoms with Gasteiger partial charge in [-0.2, -0.15) is 0 Å². The van der Waals surface area contributed by atoms with Crippen LogP contribution in [0.2, 0.25) is 0 Å². The summed E-state index contributed by atoms with van der Waals surface area (Å²) >= 11 is 0. The third kappa shape index (κ3) is 3.39. The number of amides is 2. The average molecular weight is 352 g/mol. The molecule has 26 heavy (non-hydrogen) atoms. The second kappa shape index (κ2) is 7.36. The van der Waals surface area contributed by atoms with Crippen molar-refractivity contribution in [2.24, 2.45) is 0 Å². The third-order valence-electron chi connectivity index (χ3n) is 5.49. The van der Waals surface area contributed by atoms with Crippen LogP contribution in [0.15, 0.2) is 47.3 Å². The van der Waals surface area contributed by atoms with E-state index in [9.17, 15) is 9.59 Å². The van der Waals surface area contributed by atoms with Crippen LogP contribution in [-0.4, -0.2) is 34.2 Å². The standard InChI is InChI=1S/C21H24N2O3/c24-20(14-22-13-17-6-4-5-9-19(17)21(22)25)23(12-16-10-11-26-15-16)18-7-2-1-3-8-18/h4-6,9-11,15,18H,1-3,7-8,12-14H2. The molecule has 0 spiro atoms. The monoisotopic (exact) mass is 352 g/mol. The van der Waals surface area contributed by atoms with Crippen molar-refractivity contribution in [2.45, 2.75) is 51.2 Å². The highest BCUT2D eigenvalue weighted by Crippen LogP contribution is 2.26. The summed E-state index contributed by atoms with van der Waals surface area (Å²) in [6.07, 6.45) is 8.97. The van der Waals surface area contributed by atoms with E-state index in [-0.39, 0.29) is 24.4 Å². The van der Waals surface area contributed by atoms with Crippen LogP contribution in [0.3, 0.4) is 0 Å². The largest absolute Gasteiger partial charge is 0.472 e. The predicted octanol–water partition coefficient (Wildman–Crippen LogP) is 3.60. The number of furan rings is 1. The van der Waals surface area contributed by atoms with Gasteiger partial charge in [0.1, 0.15) is 6.54 Å². The molecular formula is C21H24N2O3. The van der Waals surface area contributed by atoms with Crippen molar-refractivity contribution >= 4 is 11.8 Å². The Hall–Kier alpha value is -2.56. The zero-order chi connectivity index (χ0) is 17.9. The Bertz CT molecular complexity index is 778. The van der Waals surface area contributed by atoms with Gasteiger partial charge in [0, 0.05) is 30.3 Å². The number of carbonyl (C=O) groups is 2. The number of benzene rings is 1. The molecule has 1 aliphatic carbocycles. The molecule has 1 saturated carbocycles. The molecule has 0 saturated heterocycles. The second-order valence-corrected chi connectivity index (χ2v) is 7.26. The highest BCUT2D eigenvalue weighted by Gasteiger charge is 2.32. The molecule has 2 amide bonds. The molecule has 1 aromatic carbocycles. The SMILES string of the molecule is O=C1c2ccccc2CN1CC(=O)N(Cc1ccoc1)C1CCCCC1. The normalized spacial score (nSPS) is 17.4. The first-order chi connectivity index (χ1) is 12.7. The number of carbonyl (C=O) groups excluding carboxylic acids is 2. The van der Waals surface area contributed by atoms with Gasteiger partial charge in [0.2, 0.25) is 5.91 Å². The molecule has 2 aliphatic rings. The number of hydrogen-bond acceptors (Lipinski definition) is 3. The zero-order valence-electron chi connectivity index (χ0n) is 14.9. The molecule has 0 N–H and O–H groups in total. The van der Waals surface area contributed by atoms with Gasteiger partial charge in [0.15, 0.2) is 0 Å². The van der Waals surface area contributed by atoms with Crippen LogP contribution < -0.4 is 0 Å². The number of hydrogen-bond donors (Lipinski definition) is 0. The van der Waals surface area contributed by atoms with Crippen LogP contribution in [0, 0.1) is 0 Å². The Labute approximate surface area is 153 Å². The molecule has 136 valence electrons. The summed E-state index contributed by atoms with van der Waals surface area (Å²) in [5, 5.41) is 0. The minimum Gasteiger partial charge on any atom is -0.472 e. The molecule has 0 atom stereocenters. The summed E-state index contributed by atoms with van der Waals surface area (Å²) < 4.78 is 5.17. The smallest absolute Gasteiger partial charge is 0.254 e. The molecule has 2 aromatic rings. The van der Waals surface area contributed by atoms with Gasteiger partial charge < -0.3 is 14.2 Å². The first kappa shape index (κ1) is 16.9. The van der Waals surface area contributed by atoms with Crippen molar-refractivity contribution in [2.75, 3.05) is 6.54 Å². The summed E-state index contributed by atoms with van der Waals surface area (Å²) in [4.78, 5) is 29.3. The Kier molecular flexibility index (Phi) is 4.78. The van der Waals surface area contributed by atoms with E-state index in [4.69, 9.17) is 4.42 Å². The molecule has 5 heteroatoms. The molecule has 4 rings (SSSR count). The van der Waals surface area contributed by atoms with E-state index in [0.29, 0.717) is 13.1 Å². The summed E-state index contributed by atoms with van der Waals surface area (Å²) in [6, 6.07) is 9.76. The van der Waals surface area contributed by atoms with Crippen molar-refractivity contribution in [1.29, 1.82) is 0 Å². The first-order valence-electron chi connectivity index (χ1n) is 9.40. The highest BCUT2D eigenvalue weighted by atomic mass is 16.3. The lowest BCUT2D eigenvalue weighted by atomic mass is 9.94. The van der Waals surface area contributed by atoms with Crippen LogP contribution in [-0.2, 0) is 17.9 Å². The number of rotatable bonds is 5. The van der Waals surface area contributed by atoms with Gasteiger partial charge in [-0.1, -0.05) is 37.5 Å².